The van der Waals surface area contributed by atoms with Crippen LogP contribution in [0.1, 0.15) is 25.0 Å². The average Bonchev–Trinajstić information content (AvgIpc) is 2.81. The maximum Gasteiger partial charge on any atom is 0.242 e. The molecular weight excluding hydrogens is 272 g/mol. The van der Waals surface area contributed by atoms with Gasteiger partial charge >= 0.3 is 0 Å². The molecule has 1 aliphatic heterocycles. The lowest BCUT2D eigenvalue weighted by molar-refractivity contribution is -0.128. The molecule has 2 amide bonds. The zero-order valence-electron chi connectivity index (χ0n) is 12.0. The maximum atomic E-state index is 12.2. The first kappa shape index (κ1) is 14.9. The van der Waals surface area contributed by atoms with Gasteiger partial charge in [0.05, 0.1) is 5.25 Å². The van der Waals surface area contributed by atoms with Crippen LogP contribution in [0.5, 0.6) is 0 Å². The van der Waals surface area contributed by atoms with Crippen molar-refractivity contribution in [3.63, 3.8) is 0 Å². The lowest BCUT2D eigenvalue weighted by Gasteiger charge is -2.15. The van der Waals surface area contributed by atoms with Gasteiger partial charge in [0.1, 0.15) is 6.04 Å². The Morgan fingerprint density at radius 2 is 2.20 bits per heavy atom. The van der Waals surface area contributed by atoms with Crippen molar-refractivity contribution in [3.8, 4) is 0 Å². The Labute approximate surface area is 123 Å². The van der Waals surface area contributed by atoms with Crippen LogP contribution in [0.3, 0.4) is 0 Å². The summed E-state index contributed by atoms with van der Waals surface area (Å²) in [7, 11) is 0. The summed E-state index contributed by atoms with van der Waals surface area (Å²) < 4.78 is 0. The minimum absolute atomic E-state index is 0.0670. The number of amides is 2. The lowest BCUT2D eigenvalue weighted by Crippen LogP contribution is -2.47. The van der Waals surface area contributed by atoms with Crippen molar-refractivity contribution in [2.45, 2.75) is 43.4 Å². The second-order valence-corrected chi connectivity index (χ2v) is 6.29. The Kier molecular flexibility index (Phi) is 4.70. The van der Waals surface area contributed by atoms with E-state index in [0.29, 0.717) is 6.54 Å². The Bertz CT molecular complexity index is 531. The summed E-state index contributed by atoms with van der Waals surface area (Å²) in [6, 6.07) is 5.77. The highest BCUT2D eigenvalue weighted by atomic mass is 32.2. The molecule has 0 spiro atoms. The van der Waals surface area contributed by atoms with Gasteiger partial charge in [-0.15, -0.1) is 11.8 Å². The molecule has 4 nitrogen and oxygen atoms in total. The fourth-order valence-electron chi connectivity index (χ4n) is 2.18. The molecule has 0 bridgehead atoms. The van der Waals surface area contributed by atoms with Crippen molar-refractivity contribution >= 4 is 23.6 Å². The number of carbonyl (C=O) groups is 2. The summed E-state index contributed by atoms with van der Waals surface area (Å²) in [5, 5.41) is 5.35. The number of rotatable bonds is 4. The van der Waals surface area contributed by atoms with Crippen LogP contribution < -0.4 is 10.6 Å². The highest BCUT2D eigenvalue weighted by molar-refractivity contribution is 8.01. The van der Waals surface area contributed by atoms with Gasteiger partial charge in [-0.05, 0) is 38.8 Å². The Hall–Kier alpha value is -1.49. The molecule has 5 heteroatoms. The molecule has 0 aliphatic carbocycles. The molecule has 1 heterocycles. The van der Waals surface area contributed by atoms with Crippen LogP contribution >= 0.6 is 11.8 Å². The molecule has 108 valence electrons. The van der Waals surface area contributed by atoms with Crippen molar-refractivity contribution in [1.29, 1.82) is 0 Å². The number of carbonyl (C=O) groups excluding carboxylic acids is 2. The second-order valence-electron chi connectivity index (χ2n) is 5.05. The van der Waals surface area contributed by atoms with Gasteiger partial charge in [-0.25, -0.2) is 0 Å². The van der Waals surface area contributed by atoms with Crippen LogP contribution in [0.25, 0.3) is 0 Å². The van der Waals surface area contributed by atoms with E-state index in [1.807, 2.05) is 13.8 Å². The van der Waals surface area contributed by atoms with Crippen molar-refractivity contribution < 1.29 is 9.59 Å². The second kappa shape index (κ2) is 6.31. The van der Waals surface area contributed by atoms with Crippen molar-refractivity contribution in [2.24, 2.45) is 0 Å². The smallest absolute Gasteiger partial charge is 0.242 e. The molecule has 2 N–H and O–H groups in total. The van der Waals surface area contributed by atoms with Gasteiger partial charge in [-0.1, -0.05) is 17.7 Å². The third-order valence-electron chi connectivity index (χ3n) is 3.29. The van der Waals surface area contributed by atoms with Gasteiger partial charge in [0.25, 0.3) is 0 Å². The van der Waals surface area contributed by atoms with Crippen LogP contribution in [0, 0.1) is 6.92 Å². The van der Waals surface area contributed by atoms with Crippen LogP contribution in [0.2, 0.25) is 0 Å². The quantitative estimate of drug-likeness (QED) is 0.887. The predicted molar refractivity (Wildman–Crippen MR) is 80.8 cm³/mol. The maximum absolute atomic E-state index is 12.2. The van der Waals surface area contributed by atoms with Gasteiger partial charge in [0.2, 0.25) is 11.8 Å². The minimum Gasteiger partial charge on any atom is -0.355 e. The van der Waals surface area contributed by atoms with Crippen LogP contribution in [-0.2, 0) is 16.0 Å². The van der Waals surface area contributed by atoms with E-state index in [9.17, 15) is 9.59 Å². The van der Waals surface area contributed by atoms with E-state index >= 15 is 0 Å². The number of nitrogens with one attached hydrogen (secondary N) is 2. The van der Waals surface area contributed by atoms with E-state index < -0.39 is 6.04 Å². The zero-order chi connectivity index (χ0) is 14.7. The summed E-state index contributed by atoms with van der Waals surface area (Å²) in [6.07, 6.45) is 0.730. The molecule has 1 aromatic rings. The third kappa shape index (κ3) is 3.33. The van der Waals surface area contributed by atoms with Crippen molar-refractivity contribution in [2.75, 3.05) is 6.54 Å². The van der Waals surface area contributed by atoms with Crippen molar-refractivity contribution in [1.82, 2.24) is 10.6 Å². The number of benzene rings is 1. The Morgan fingerprint density at radius 1 is 1.45 bits per heavy atom. The molecule has 0 saturated carbocycles. The van der Waals surface area contributed by atoms with E-state index in [-0.39, 0.29) is 17.1 Å². The third-order valence-corrected chi connectivity index (χ3v) is 4.59. The normalized spacial score (nSPS) is 18.2. The predicted octanol–water partition coefficient (Wildman–Crippen LogP) is 1.65. The first-order chi connectivity index (χ1) is 9.51. The van der Waals surface area contributed by atoms with Gasteiger partial charge in [0, 0.05) is 11.4 Å². The Morgan fingerprint density at radius 3 is 2.90 bits per heavy atom. The fourth-order valence-corrected chi connectivity index (χ4v) is 3.48. The molecule has 1 aliphatic rings. The highest BCUT2D eigenvalue weighted by Gasteiger charge is 2.29. The van der Waals surface area contributed by atoms with E-state index in [2.05, 4.69) is 28.8 Å². The number of likely N-dealkylation sites (N-methyl/N-ethyl adjacent to an activating group) is 1. The molecule has 20 heavy (non-hydrogen) atoms. The summed E-state index contributed by atoms with van der Waals surface area (Å²) >= 11 is 1.58. The SMILES string of the molecule is CCNC(=O)C(C)NC(=O)C1Cc2ccc(C)cc2S1. The van der Waals surface area contributed by atoms with Crippen LogP contribution in [-0.4, -0.2) is 29.7 Å². The first-order valence-corrected chi connectivity index (χ1v) is 7.73. The van der Waals surface area contributed by atoms with Gasteiger partial charge < -0.3 is 10.6 Å². The van der Waals surface area contributed by atoms with E-state index in [1.54, 1.807) is 18.7 Å². The largest absolute Gasteiger partial charge is 0.355 e. The lowest BCUT2D eigenvalue weighted by atomic mass is 10.1. The molecule has 2 rings (SSSR count). The number of aryl methyl sites for hydroxylation is 1. The van der Waals surface area contributed by atoms with Crippen LogP contribution in [0.15, 0.2) is 23.1 Å². The van der Waals surface area contributed by atoms with Gasteiger partial charge in [-0.2, -0.15) is 0 Å². The summed E-state index contributed by atoms with van der Waals surface area (Å²) in [5.74, 6) is -0.209. The number of hydrogen-bond donors (Lipinski definition) is 2. The molecule has 0 aromatic heterocycles. The topological polar surface area (TPSA) is 58.2 Å². The van der Waals surface area contributed by atoms with Crippen LogP contribution in [0.4, 0.5) is 0 Å². The summed E-state index contributed by atoms with van der Waals surface area (Å²) in [5.41, 5.74) is 2.42. The fraction of sp³-hybridized carbons (Fsp3) is 0.467. The molecule has 0 saturated heterocycles. The number of hydrogen-bond acceptors (Lipinski definition) is 3. The van der Waals surface area contributed by atoms with Crippen molar-refractivity contribution in [3.05, 3.63) is 29.3 Å². The zero-order valence-corrected chi connectivity index (χ0v) is 12.8. The van der Waals surface area contributed by atoms with Gasteiger partial charge in [-0.3, -0.25) is 9.59 Å². The number of fused-ring (bicyclic) bond motifs is 1. The molecule has 0 radical (unpaired) electrons. The molecule has 2 unspecified atom stereocenters. The Balaban J connectivity index is 1.94. The van der Waals surface area contributed by atoms with E-state index in [0.717, 1.165) is 6.42 Å². The summed E-state index contributed by atoms with van der Waals surface area (Å²) in [6.45, 7) is 6.19. The monoisotopic (exact) mass is 292 g/mol. The molecule has 0 fully saturated rings. The average molecular weight is 292 g/mol. The molecule has 1 aromatic carbocycles. The van der Waals surface area contributed by atoms with Gasteiger partial charge in [0.15, 0.2) is 0 Å². The minimum atomic E-state index is -0.492. The van der Waals surface area contributed by atoms with E-state index in [1.165, 1.54) is 16.0 Å². The summed E-state index contributed by atoms with van der Waals surface area (Å²) in [4.78, 5) is 25.0. The standard InChI is InChI=1S/C15H20N2O2S/c1-4-16-14(18)10(3)17-15(19)13-8-11-6-5-9(2)7-12(11)20-13/h5-7,10,13H,4,8H2,1-3H3,(H,16,18)(H,17,19). The molecular formula is C15H20N2O2S. The molecule has 2 atom stereocenters. The first-order valence-electron chi connectivity index (χ1n) is 6.85. The van der Waals surface area contributed by atoms with E-state index in [4.69, 9.17) is 0 Å². The highest BCUT2D eigenvalue weighted by Crippen LogP contribution is 2.37. The number of thioether (sulfide) groups is 1.